The summed E-state index contributed by atoms with van der Waals surface area (Å²) in [5.41, 5.74) is 0.506. The lowest BCUT2D eigenvalue weighted by atomic mass is 10.0. The molecular formula is C18H24N2O3S. The van der Waals surface area contributed by atoms with Crippen LogP contribution in [0.4, 0.5) is 0 Å². The van der Waals surface area contributed by atoms with Crippen LogP contribution in [0.25, 0.3) is 0 Å². The van der Waals surface area contributed by atoms with Crippen molar-refractivity contribution in [2.24, 2.45) is 0 Å². The van der Waals surface area contributed by atoms with Gasteiger partial charge in [-0.2, -0.15) is 11.8 Å². The van der Waals surface area contributed by atoms with Gasteiger partial charge in [0.15, 0.2) is 0 Å². The molecule has 0 radical (unpaired) electrons. The number of thioether (sulfide) groups is 1. The van der Waals surface area contributed by atoms with Crippen molar-refractivity contribution in [3.63, 3.8) is 0 Å². The third-order valence-corrected chi connectivity index (χ3v) is 6.09. The Kier molecular flexibility index (Phi) is 5.33. The highest BCUT2D eigenvalue weighted by molar-refractivity contribution is 7.99. The quantitative estimate of drug-likeness (QED) is 0.887. The summed E-state index contributed by atoms with van der Waals surface area (Å²) in [6.45, 7) is 0.0625. The molecule has 2 heterocycles. The van der Waals surface area contributed by atoms with E-state index < -0.39 is 0 Å². The highest BCUT2D eigenvalue weighted by Gasteiger charge is 2.42. The molecule has 0 spiro atoms. The molecule has 0 aromatic heterocycles. The largest absolute Gasteiger partial charge is 0.497 e. The first-order valence-electron chi connectivity index (χ1n) is 8.38. The normalized spacial score (nSPS) is 25.4. The number of ether oxygens (including phenoxy) is 1. The van der Waals surface area contributed by atoms with Crippen LogP contribution in [0.1, 0.15) is 36.0 Å². The van der Waals surface area contributed by atoms with Crippen LogP contribution in [0.3, 0.4) is 0 Å². The fourth-order valence-electron chi connectivity index (χ4n) is 3.84. The molecule has 1 N–H and O–H groups in total. The Morgan fingerprint density at radius 3 is 2.62 bits per heavy atom. The van der Waals surface area contributed by atoms with Gasteiger partial charge in [-0.05, 0) is 50.1 Å². The summed E-state index contributed by atoms with van der Waals surface area (Å²) in [7, 11) is 1.56. The van der Waals surface area contributed by atoms with Crippen molar-refractivity contribution in [2.45, 2.75) is 43.0 Å². The zero-order valence-corrected chi connectivity index (χ0v) is 15.0. The topological polar surface area (TPSA) is 58.6 Å². The zero-order valence-electron chi connectivity index (χ0n) is 14.2. The Bertz CT molecular complexity index is 608. The second kappa shape index (κ2) is 7.47. The standard InChI is InChI=1S/C18H24N2O3S/c1-23-15-5-3-4-12(8-15)18(22)19-11-17(21)20-13-6-7-14(20)10-16(9-13)24-2/h3-5,8,13-14,16H,6-7,9-11H2,1-2H3,(H,19,22). The van der Waals surface area contributed by atoms with E-state index in [-0.39, 0.29) is 18.4 Å². The molecule has 2 atom stereocenters. The van der Waals surface area contributed by atoms with E-state index in [4.69, 9.17) is 4.74 Å². The lowest BCUT2D eigenvalue weighted by Gasteiger charge is -2.38. The number of rotatable bonds is 5. The van der Waals surface area contributed by atoms with Crippen LogP contribution in [0.2, 0.25) is 0 Å². The van der Waals surface area contributed by atoms with E-state index in [1.165, 1.54) is 0 Å². The molecule has 0 aliphatic carbocycles. The van der Waals surface area contributed by atoms with Gasteiger partial charge in [-0.15, -0.1) is 0 Å². The number of fused-ring (bicyclic) bond motifs is 2. The number of carbonyl (C=O) groups is 2. The maximum absolute atomic E-state index is 12.6. The molecule has 2 amide bonds. The maximum Gasteiger partial charge on any atom is 0.251 e. The smallest absolute Gasteiger partial charge is 0.251 e. The Hall–Kier alpha value is -1.69. The second-order valence-corrected chi connectivity index (χ2v) is 7.57. The highest BCUT2D eigenvalue weighted by atomic mass is 32.2. The van der Waals surface area contributed by atoms with E-state index >= 15 is 0 Å². The molecule has 5 nitrogen and oxygen atoms in total. The van der Waals surface area contributed by atoms with Gasteiger partial charge >= 0.3 is 0 Å². The molecule has 130 valence electrons. The fraction of sp³-hybridized carbons (Fsp3) is 0.556. The molecule has 2 saturated heterocycles. The molecule has 2 bridgehead atoms. The molecular weight excluding hydrogens is 324 g/mol. The van der Waals surface area contributed by atoms with Gasteiger partial charge in [-0.1, -0.05) is 6.07 Å². The lowest BCUT2D eigenvalue weighted by Crippen LogP contribution is -2.50. The maximum atomic E-state index is 12.6. The van der Waals surface area contributed by atoms with E-state index in [1.807, 2.05) is 16.7 Å². The first-order chi connectivity index (χ1) is 11.6. The summed E-state index contributed by atoms with van der Waals surface area (Å²) in [6, 6.07) is 7.65. The van der Waals surface area contributed by atoms with Crippen LogP contribution in [0.15, 0.2) is 24.3 Å². The monoisotopic (exact) mass is 348 g/mol. The number of benzene rings is 1. The Morgan fingerprint density at radius 2 is 2.00 bits per heavy atom. The Balaban J connectivity index is 1.57. The van der Waals surface area contributed by atoms with E-state index in [9.17, 15) is 9.59 Å². The Labute approximate surface area is 147 Å². The van der Waals surface area contributed by atoms with E-state index in [0.29, 0.717) is 28.6 Å². The van der Waals surface area contributed by atoms with Crippen LogP contribution in [-0.2, 0) is 4.79 Å². The van der Waals surface area contributed by atoms with Crippen molar-refractivity contribution in [1.82, 2.24) is 10.2 Å². The van der Waals surface area contributed by atoms with Gasteiger partial charge in [0.25, 0.3) is 5.91 Å². The third kappa shape index (κ3) is 3.53. The van der Waals surface area contributed by atoms with Gasteiger partial charge in [-0.25, -0.2) is 0 Å². The molecule has 2 aliphatic heterocycles. The minimum atomic E-state index is -0.242. The van der Waals surface area contributed by atoms with Crippen molar-refractivity contribution in [1.29, 1.82) is 0 Å². The molecule has 3 rings (SSSR count). The van der Waals surface area contributed by atoms with Crippen molar-refractivity contribution in [3.8, 4) is 5.75 Å². The number of hydrogen-bond acceptors (Lipinski definition) is 4. The van der Waals surface area contributed by atoms with Gasteiger partial charge < -0.3 is 15.0 Å². The second-order valence-electron chi connectivity index (χ2n) is 6.43. The summed E-state index contributed by atoms with van der Waals surface area (Å²) in [5.74, 6) is 0.429. The van der Waals surface area contributed by atoms with E-state index in [2.05, 4.69) is 11.6 Å². The molecule has 1 aromatic rings. The minimum Gasteiger partial charge on any atom is -0.497 e. The lowest BCUT2D eigenvalue weighted by molar-refractivity contribution is -0.134. The number of methoxy groups -OCH3 is 1. The van der Waals surface area contributed by atoms with Crippen molar-refractivity contribution in [2.75, 3.05) is 19.9 Å². The summed E-state index contributed by atoms with van der Waals surface area (Å²) in [5, 5.41) is 3.42. The molecule has 2 unspecified atom stereocenters. The van der Waals surface area contributed by atoms with Crippen LogP contribution in [-0.4, -0.2) is 54.0 Å². The first-order valence-corrected chi connectivity index (χ1v) is 9.67. The molecule has 24 heavy (non-hydrogen) atoms. The van der Waals surface area contributed by atoms with Crippen LogP contribution in [0, 0.1) is 0 Å². The van der Waals surface area contributed by atoms with Gasteiger partial charge in [-0.3, -0.25) is 9.59 Å². The predicted octanol–water partition coefficient (Wildman–Crippen LogP) is 2.31. The van der Waals surface area contributed by atoms with Gasteiger partial charge in [0, 0.05) is 22.9 Å². The van der Waals surface area contributed by atoms with Gasteiger partial charge in [0.2, 0.25) is 5.91 Å². The fourth-order valence-corrected chi connectivity index (χ4v) is 4.67. The number of hydrogen-bond donors (Lipinski definition) is 1. The number of piperidine rings is 1. The molecule has 1 aromatic carbocycles. The summed E-state index contributed by atoms with van der Waals surface area (Å²) in [4.78, 5) is 26.9. The number of amides is 2. The number of carbonyl (C=O) groups excluding carboxylic acids is 2. The van der Waals surface area contributed by atoms with Gasteiger partial charge in [0.05, 0.1) is 13.7 Å². The SMILES string of the molecule is COc1cccc(C(=O)NCC(=O)N2C3CCC2CC(SC)C3)c1. The predicted molar refractivity (Wildman–Crippen MR) is 95.5 cm³/mol. The summed E-state index contributed by atoms with van der Waals surface area (Å²) in [6.07, 6.45) is 6.49. The molecule has 0 saturated carbocycles. The molecule has 2 fully saturated rings. The van der Waals surface area contributed by atoms with Crippen LogP contribution >= 0.6 is 11.8 Å². The Morgan fingerprint density at radius 1 is 1.29 bits per heavy atom. The van der Waals surface area contributed by atoms with Crippen molar-refractivity contribution in [3.05, 3.63) is 29.8 Å². The zero-order chi connectivity index (χ0) is 17.1. The molecule has 2 aliphatic rings. The third-order valence-electron chi connectivity index (χ3n) is 5.04. The highest BCUT2D eigenvalue weighted by Crippen LogP contribution is 2.39. The van der Waals surface area contributed by atoms with Crippen LogP contribution in [0.5, 0.6) is 5.75 Å². The summed E-state index contributed by atoms with van der Waals surface area (Å²) < 4.78 is 5.13. The van der Waals surface area contributed by atoms with Gasteiger partial charge in [0.1, 0.15) is 5.75 Å². The molecule has 6 heteroatoms. The number of nitrogens with zero attached hydrogens (tertiary/aromatic N) is 1. The summed E-state index contributed by atoms with van der Waals surface area (Å²) >= 11 is 1.91. The number of nitrogens with one attached hydrogen (secondary N) is 1. The minimum absolute atomic E-state index is 0.0401. The average molecular weight is 348 g/mol. The van der Waals surface area contributed by atoms with Crippen LogP contribution < -0.4 is 10.1 Å². The van der Waals surface area contributed by atoms with E-state index in [1.54, 1.807) is 31.4 Å². The van der Waals surface area contributed by atoms with Crippen molar-refractivity contribution < 1.29 is 14.3 Å². The first kappa shape index (κ1) is 17.1. The average Bonchev–Trinajstić information content (AvgIpc) is 2.89. The van der Waals surface area contributed by atoms with E-state index in [0.717, 1.165) is 25.7 Å². The van der Waals surface area contributed by atoms with Crippen molar-refractivity contribution >= 4 is 23.6 Å².